The Morgan fingerprint density at radius 2 is 2.00 bits per heavy atom. The van der Waals surface area contributed by atoms with Gasteiger partial charge >= 0.3 is 0 Å². The van der Waals surface area contributed by atoms with Gasteiger partial charge in [0.2, 0.25) is 5.91 Å². The van der Waals surface area contributed by atoms with Gasteiger partial charge in [-0.3, -0.25) is 9.69 Å². The predicted octanol–water partition coefficient (Wildman–Crippen LogP) is 2.84. The zero-order valence-corrected chi connectivity index (χ0v) is 13.8. The summed E-state index contributed by atoms with van der Waals surface area (Å²) >= 11 is 1.66. The third-order valence-corrected chi connectivity index (χ3v) is 3.85. The van der Waals surface area contributed by atoms with Gasteiger partial charge in [-0.15, -0.1) is 0 Å². The fourth-order valence-corrected chi connectivity index (χ4v) is 2.77. The maximum Gasteiger partial charge on any atom is 0.238 e. The number of thiophene rings is 1. The zero-order valence-electron chi connectivity index (χ0n) is 13.0. The van der Waals surface area contributed by atoms with Gasteiger partial charge in [-0.25, -0.2) is 0 Å². The summed E-state index contributed by atoms with van der Waals surface area (Å²) in [6.07, 6.45) is 0. The number of ether oxygens (including phenoxy) is 2. The molecule has 1 N–H and O–H groups in total. The Balaban J connectivity index is 1.91. The number of hydrogen-bond donors (Lipinski definition) is 1. The predicted molar refractivity (Wildman–Crippen MR) is 88.8 cm³/mol. The summed E-state index contributed by atoms with van der Waals surface area (Å²) in [5, 5.41) is 6.99. The van der Waals surface area contributed by atoms with E-state index in [4.69, 9.17) is 9.47 Å². The molecule has 2 rings (SSSR count). The van der Waals surface area contributed by atoms with Gasteiger partial charge in [-0.1, -0.05) is 0 Å². The van der Waals surface area contributed by atoms with Crippen LogP contribution in [0.1, 0.15) is 5.56 Å². The van der Waals surface area contributed by atoms with Crippen LogP contribution in [-0.2, 0) is 11.3 Å². The Morgan fingerprint density at radius 1 is 1.23 bits per heavy atom. The summed E-state index contributed by atoms with van der Waals surface area (Å²) in [6, 6.07) is 7.37. The third kappa shape index (κ3) is 4.47. The minimum Gasteiger partial charge on any atom is -0.493 e. The second-order valence-corrected chi connectivity index (χ2v) is 5.70. The Labute approximate surface area is 134 Å². The van der Waals surface area contributed by atoms with Crippen LogP contribution in [0.4, 0.5) is 5.69 Å². The molecule has 0 fully saturated rings. The molecule has 0 bridgehead atoms. The van der Waals surface area contributed by atoms with Crippen LogP contribution in [0.3, 0.4) is 0 Å². The van der Waals surface area contributed by atoms with Crippen molar-refractivity contribution in [2.24, 2.45) is 0 Å². The van der Waals surface area contributed by atoms with Gasteiger partial charge < -0.3 is 14.8 Å². The average molecular weight is 320 g/mol. The van der Waals surface area contributed by atoms with E-state index in [1.54, 1.807) is 43.8 Å². The maximum atomic E-state index is 12.1. The van der Waals surface area contributed by atoms with Crippen LogP contribution in [0.5, 0.6) is 11.5 Å². The standard InChI is InChI=1S/C16H20N2O3S/c1-18(9-12-6-7-22-11-12)10-16(19)17-13-4-5-14(20-2)15(8-13)21-3/h4-8,11H,9-10H2,1-3H3,(H,17,19). The molecule has 0 saturated carbocycles. The summed E-state index contributed by atoms with van der Waals surface area (Å²) < 4.78 is 10.4. The lowest BCUT2D eigenvalue weighted by atomic mass is 10.2. The molecule has 22 heavy (non-hydrogen) atoms. The monoisotopic (exact) mass is 320 g/mol. The molecule has 1 amide bonds. The Morgan fingerprint density at radius 3 is 2.64 bits per heavy atom. The molecule has 0 atom stereocenters. The van der Waals surface area contributed by atoms with Gasteiger partial charge in [0, 0.05) is 18.3 Å². The average Bonchev–Trinajstić information content (AvgIpc) is 2.99. The summed E-state index contributed by atoms with van der Waals surface area (Å²) in [5.74, 6) is 1.16. The number of rotatable bonds is 7. The molecule has 1 heterocycles. The van der Waals surface area contributed by atoms with Gasteiger partial charge in [0.25, 0.3) is 0 Å². The van der Waals surface area contributed by atoms with Crippen LogP contribution < -0.4 is 14.8 Å². The van der Waals surface area contributed by atoms with Gasteiger partial charge in [-0.2, -0.15) is 11.3 Å². The number of anilines is 1. The molecule has 0 unspecified atom stereocenters. The minimum atomic E-state index is -0.0649. The van der Waals surface area contributed by atoms with E-state index >= 15 is 0 Å². The first kappa shape index (κ1) is 16.3. The molecule has 0 aliphatic carbocycles. The number of nitrogens with zero attached hydrogens (tertiary/aromatic N) is 1. The Hall–Kier alpha value is -2.05. The number of benzene rings is 1. The molecule has 0 saturated heterocycles. The Bertz CT molecular complexity index is 614. The molecule has 1 aromatic heterocycles. The maximum absolute atomic E-state index is 12.1. The molecule has 0 radical (unpaired) electrons. The van der Waals surface area contributed by atoms with Gasteiger partial charge in [0.05, 0.1) is 20.8 Å². The zero-order chi connectivity index (χ0) is 15.9. The van der Waals surface area contributed by atoms with Crippen molar-refractivity contribution in [3.63, 3.8) is 0 Å². The molecule has 0 aliphatic heterocycles. The molecule has 6 heteroatoms. The van der Waals surface area contributed by atoms with Crippen molar-refractivity contribution >= 4 is 22.9 Å². The number of carbonyl (C=O) groups excluding carboxylic acids is 1. The molecule has 0 aliphatic rings. The molecular weight excluding hydrogens is 300 g/mol. The number of likely N-dealkylation sites (N-methyl/N-ethyl adjacent to an activating group) is 1. The van der Waals surface area contributed by atoms with Crippen molar-refractivity contribution in [3.05, 3.63) is 40.6 Å². The van der Waals surface area contributed by atoms with E-state index in [0.717, 1.165) is 6.54 Å². The van der Waals surface area contributed by atoms with Crippen LogP contribution >= 0.6 is 11.3 Å². The van der Waals surface area contributed by atoms with E-state index in [1.807, 2.05) is 17.3 Å². The summed E-state index contributed by atoms with van der Waals surface area (Å²) in [6.45, 7) is 1.08. The number of hydrogen-bond acceptors (Lipinski definition) is 5. The molecule has 118 valence electrons. The molecule has 2 aromatic rings. The SMILES string of the molecule is COc1ccc(NC(=O)CN(C)Cc2ccsc2)cc1OC. The second-order valence-electron chi connectivity index (χ2n) is 4.92. The van der Waals surface area contributed by atoms with Gasteiger partial charge in [0.15, 0.2) is 11.5 Å². The van der Waals surface area contributed by atoms with E-state index in [1.165, 1.54) is 5.56 Å². The minimum absolute atomic E-state index is 0.0649. The fraction of sp³-hybridized carbons (Fsp3) is 0.312. The number of nitrogens with one attached hydrogen (secondary N) is 1. The van der Waals surface area contributed by atoms with E-state index in [0.29, 0.717) is 23.7 Å². The highest BCUT2D eigenvalue weighted by Gasteiger charge is 2.10. The molecule has 1 aromatic carbocycles. The quantitative estimate of drug-likeness (QED) is 0.852. The first-order valence-electron chi connectivity index (χ1n) is 6.84. The topological polar surface area (TPSA) is 50.8 Å². The van der Waals surface area contributed by atoms with Crippen LogP contribution in [0.15, 0.2) is 35.0 Å². The lowest BCUT2D eigenvalue weighted by Crippen LogP contribution is -2.29. The van der Waals surface area contributed by atoms with Gasteiger partial charge in [-0.05, 0) is 41.6 Å². The van der Waals surface area contributed by atoms with Crippen molar-refractivity contribution < 1.29 is 14.3 Å². The van der Waals surface area contributed by atoms with Crippen molar-refractivity contribution in [1.82, 2.24) is 4.90 Å². The Kier molecular flexibility index (Phi) is 5.80. The van der Waals surface area contributed by atoms with E-state index in [-0.39, 0.29) is 5.91 Å². The van der Waals surface area contributed by atoms with E-state index < -0.39 is 0 Å². The van der Waals surface area contributed by atoms with E-state index in [9.17, 15) is 4.79 Å². The third-order valence-electron chi connectivity index (χ3n) is 3.11. The smallest absolute Gasteiger partial charge is 0.238 e. The highest BCUT2D eigenvalue weighted by atomic mass is 32.1. The highest BCUT2D eigenvalue weighted by molar-refractivity contribution is 7.07. The molecule has 0 spiro atoms. The normalized spacial score (nSPS) is 10.5. The summed E-state index contributed by atoms with van der Waals surface area (Å²) in [5.41, 5.74) is 1.90. The van der Waals surface area contributed by atoms with Crippen LogP contribution in [0.2, 0.25) is 0 Å². The summed E-state index contributed by atoms with van der Waals surface area (Å²) in [7, 11) is 5.07. The first-order valence-corrected chi connectivity index (χ1v) is 7.78. The van der Waals surface area contributed by atoms with Crippen molar-refractivity contribution in [1.29, 1.82) is 0 Å². The fourth-order valence-electron chi connectivity index (χ4n) is 2.11. The first-order chi connectivity index (χ1) is 10.6. The number of carbonyl (C=O) groups is 1. The lowest BCUT2D eigenvalue weighted by molar-refractivity contribution is -0.117. The highest BCUT2D eigenvalue weighted by Crippen LogP contribution is 2.29. The molecular formula is C16H20N2O3S. The number of amides is 1. The number of methoxy groups -OCH3 is 2. The van der Waals surface area contributed by atoms with Crippen LogP contribution in [0, 0.1) is 0 Å². The largest absolute Gasteiger partial charge is 0.493 e. The van der Waals surface area contributed by atoms with Crippen molar-refractivity contribution in [3.8, 4) is 11.5 Å². The van der Waals surface area contributed by atoms with E-state index in [2.05, 4.69) is 16.8 Å². The second kappa shape index (κ2) is 7.82. The van der Waals surface area contributed by atoms with Crippen molar-refractivity contribution in [2.75, 3.05) is 33.1 Å². The van der Waals surface area contributed by atoms with Gasteiger partial charge in [0.1, 0.15) is 0 Å². The molecule has 5 nitrogen and oxygen atoms in total. The van der Waals surface area contributed by atoms with Crippen LogP contribution in [0.25, 0.3) is 0 Å². The van der Waals surface area contributed by atoms with Crippen molar-refractivity contribution in [2.45, 2.75) is 6.54 Å². The lowest BCUT2D eigenvalue weighted by Gasteiger charge is -2.16. The summed E-state index contributed by atoms with van der Waals surface area (Å²) in [4.78, 5) is 14.1. The van der Waals surface area contributed by atoms with Crippen LogP contribution in [-0.4, -0.2) is 38.6 Å².